The number of nitrogens with zero attached hydrogens (tertiary/aromatic N) is 2. The molecule has 2 saturated heterocycles. The molecule has 0 spiro atoms. The number of para-hydroxylation sites is 1. The first-order valence-corrected chi connectivity index (χ1v) is 8.71. The molecule has 2 atom stereocenters. The Labute approximate surface area is 147 Å². The number of anilines is 1. The Morgan fingerprint density at radius 2 is 1.88 bits per heavy atom. The van der Waals surface area contributed by atoms with Gasteiger partial charge in [-0.25, -0.2) is 4.79 Å². The van der Waals surface area contributed by atoms with E-state index >= 15 is 0 Å². The normalized spacial score (nSPS) is 23.5. The van der Waals surface area contributed by atoms with E-state index in [0.717, 1.165) is 18.5 Å². The van der Waals surface area contributed by atoms with E-state index in [4.69, 9.17) is 0 Å². The van der Waals surface area contributed by atoms with E-state index < -0.39 is 6.04 Å². The highest BCUT2D eigenvalue weighted by atomic mass is 16.2. The highest BCUT2D eigenvalue weighted by molar-refractivity contribution is 5.91. The monoisotopic (exact) mass is 344 g/mol. The summed E-state index contributed by atoms with van der Waals surface area (Å²) in [5.74, 6) is -0.442. The van der Waals surface area contributed by atoms with Gasteiger partial charge in [0.25, 0.3) is 0 Å². The first-order valence-electron chi connectivity index (χ1n) is 8.71. The summed E-state index contributed by atoms with van der Waals surface area (Å²) in [6.07, 6.45) is 2.16. The Morgan fingerprint density at radius 3 is 2.56 bits per heavy atom. The van der Waals surface area contributed by atoms with Crippen molar-refractivity contribution in [2.75, 3.05) is 32.0 Å². The van der Waals surface area contributed by atoms with Gasteiger partial charge in [-0.15, -0.1) is 0 Å². The summed E-state index contributed by atoms with van der Waals surface area (Å²) in [6, 6.07) is 8.64. The van der Waals surface area contributed by atoms with Crippen molar-refractivity contribution >= 4 is 23.5 Å². The smallest absolute Gasteiger partial charge is 0.321 e. The van der Waals surface area contributed by atoms with E-state index in [2.05, 4.69) is 10.6 Å². The number of carbonyl (C=O) groups is 3. The van der Waals surface area contributed by atoms with Crippen LogP contribution in [0.4, 0.5) is 10.5 Å². The minimum atomic E-state index is -0.425. The number of nitrogens with one attached hydrogen (secondary N) is 2. The van der Waals surface area contributed by atoms with E-state index in [1.807, 2.05) is 30.3 Å². The van der Waals surface area contributed by atoms with Gasteiger partial charge in [-0.2, -0.15) is 0 Å². The second-order valence-corrected chi connectivity index (χ2v) is 6.69. The Bertz CT molecular complexity index is 649. The minimum Gasteiger partial charge on any atom is -0.344 e. The SMILES string of the molecule is CN1CCC(NC(=O)C2CCCN(C(=O)Nc3ccccc3)C2)C1=O. The Kier molecular flexibility index (Phi) is 5.21. The van der Waals surface area contributed by atoms with Crippen LogP contribution in [-0.2, 0) is 9.59 Å². The molecule has 3 rings (SSSR count). The van der Waals surface area contributed by atoms with E-state index in [9.17, 15) is 14.4 Å². The highest BCUT2D eigenvalue weighted by Gasteiger charge is 2.34. The van der Waals surface area contributed by atoms with Gasteiger partial charge in [0.05, 0.1) is 5.92 Å². The number of likely N-dealkylation sites (tertiary alicyclic amines) is 2. The molecule has 1 aromatic rings. The lowest BCUT2D eigenvalue weighted by molar-refractivity contribution is -0.133. The predicted molar refractivity (Wildman–Crippen MR) is 93.9 cm³/mol. The lowest BCUT2D eigenvalue weighted by Gasteiger charge is -2.32. The Hall–Kier alpha value is -2.57. The number of urea groups is 1. The fourth-order valence-corrected chi connectivity index (χ4v) is 3.35. The average molecular weight is 344 g/mol. The zero-order valence-corrected chi connectivity index (χ0v) is 14.4. The number of hydrogen-bond acceptors (Lipinski definition) is 3. The largest absolute Gasteiger partial charge is 0.344 e. The van der Waals surface area contributed by atoms with Crippen LogP contribution in [0.25, 0.3) is 0 Å². The molecule has 25 heavy (non-hydrogen) atoms. The van der Waals surface area contributed by atoms with Crippen molar-refractivity contribution < 1.29 is 14.4 Å². The number of carbonyl (C=O) groups excluding carboxylic acids is 3. The highest BCUT2D eigenvalue weighted by Crippen LogP contribution is 2.19. The molecule has 2 heterocycles. The number of rotatable bonds is 3. The maximum Gasteiger partial charge on any atom is 0.321 e. The second-order valence-electron chi connectivity index (χ2n) is 6.69. The predicted octanol–water partition coefficient (Wildman–Crippen LogP) is 1.28. The minimum absolute atomic E-state index is 0.0390. The van der Waals surface area contributed by atoms with Crippen LogP contribution in [0.1, 0.15) is 19.3 Å². The van der Waals surface area contributed by atoms with Crippen LogP contribution < -0.4 is 10.6 Å². The molecule has 2 unspecified atom stereocenters. The number of piperidine rings is 1. The summed E-state index contributed by atoms with van der Waals surface area (Å²) in [6.45, 7) is 1.68. The quantitative estimate of drug-likeness (QED) is 0.867. The maximum atomic E-state index is 12.5. The second kappa shape index (κ2) is 7.55. The summed E-state index contributed by atoms with van der Waals surface area (Å²) in [5, 5.41) is 5.70. The van der Waals surface area contributed by atoms with Gasteiger partial charge in [0.15, 0.2) is 0 Å². The van der Waals surface area contributed by atoms with Crippen molar-refractivity contribution in [3.8, 4) is 0 Å². The van der Waals surface area contributed by atoms with Gasteiger partial charge in [0.2, 0.25) is 11.8 Å². The molecule has 2 fully saturated rings. The van der Waals surface area contributed by atoms with Gasteiger partial charge < -0.3 is 20.4 Å². The average Bonchev–Trinajstić information content (AvgIpc) is 2.94. The molecule has 134 valence electrons. The van der Waals surface area contributed by atoms with Crippen LogP contribution >= 0.6 is 0 Å². The number of benzene rings is 1. The molecule has 0 aliphatic carbocycles. The van der Waals surface area contributed by atoms with Gasteiger partial charge in [-0.05, 0) is 31.4 Å². The van der Waals surface area contributed by atoms with Gasteiger partial charge in [0, 0.05) is 32.4 Å². The summed E-state index contributed by atoms with van der Waals surface area (Å²) in [4.78, 5) is 40.1. The molecule has 0 radical (unpaired) electrons. The first kappa shape index (κ1) is 17.3. The molecule has 0 bridgehead atoms. The Balaban J connectivity index is 1.54. The fourth-order valence-electron chi connectivity index (χ4n) is 3.35. The van der Waals surface area contributed by atoms with E-state index in [1.165, 1.54) is 0 Å². The molecule has 0 saturated carbocycles. The molecule has 2 aliphatic heterocycles. The van der Waals surface area contributed by atoms with Crippen molar-refractivity contribution in [2.45, 2.75) is 25.3 Å². The van der Waals surface area contributed by atoms with Gasteiger partial charge >= 0.3 is 6.03 Å². The van der Waals surface area contributed by atoms with E-state index in [0.29, 0.717) is 26.1 Å². The third kappa shape index (κ3) is 4.10. The number of hydrogen-bond donors (Lipinski definition) is 2. The third-order valence-corrected chi connectivity index (χ3v) is 4.85. The lowest BCUT2D eigenvalue weighted by Crippen LogP contribution is -2.49. The van der Waals surface area contributed by atoms with Crippen LogP contribution in [0.2, 0.25) is 0 Å². The fraction of sp³-hybridized carbons (Fsp3) is 0.500. The molecule has 7 nitrogen and oxygen atoms in total. The summed E-state index contributed by atoms with van der Waals surface area (Å²) < 4.78 is 0. The van der Waals surface area contributed by atoms with Crippen LogP contribution in [-0.4, -0.2) is 60.4 Å². The van der Waals surface area contributed by atoms with Crippen molar-refractivity contribution in [1.29, 1.82) is 0 Å². The van der Waals surface area contributed by atoms with Crippen molar-refractivity contribution in [3.05, 3.63) is 30.3 Å². The Morgan fingerprint density at radius 1 is 1.12 bits per heavy atom. The number of amides is 4. The van der Waals surface area contributed by atoms with Crippen LogP contribution in [0, 0.1) is 5.92 Å². The number of likely N-dealkylation sites (N-methyl/N-ethyl adjacent to an activating group) is 1. The van der Waals surface area contributed by atoms with Crippen LogP contribution in [0.15, 0.2) is 30.3 Å². The molecular formula is C18H24N4O3. The lowest BCUT2D eigenvalue weighted by atomic mass is 9.97. The molecule has 0 aromatic heterocycles. The third-order valence-electron chi connectivity index (χ3n) is 4.85. The molecular weight excluding hydrogens is 320 g/mol. The molecule has 4 amide bonds. The molecule has 2 N–H and O–H groups in total. The summed E-state index contributed by atoms with van der Waals surface area (Å²) in [7, 11) is 1.74. The van der Waals surface area contributed by atoms with Crippen molar-refractivity contribution in [1.82, 2.24) is 15.1 Å². The molecule has 1 aromatic carbocycles. The summed E-state index contributed by atoms with van der Waals surface area (Å²) >= 11 is 0. The van der Waals surface area contributed by atoms with E-state index in [-0.39, 0.29) is 23.8 Å². The molecule has 7 heteroatoms. The van der Waals surface area contributed by atoms with Crippen LogP contribution in [0.5, 0.6) is 0 Å². The van der Waals surface area contributed by atoms with Gasteiger partial charge in [0.1, 0.15) is 6.04 Å². The first-order chi connectivity index (χ1) is 12.0. The standard InChI is InChI=1S/C18H24N4O3/c1-21-11-9-15(17(21)24)20-16(23)13-6-5-10-22(12-13)18(25)19-14-7-3-2-4-8-14/h2-4,7-8,13,15H,5-6,9-12H2,1H3,(H,19,25)(H,20,23). The van der Waals surface area contributed by atoms with Crippen LogP contribution in [0.3, 0.4) is 0 Å². The van der Waals surface area contributed by atoms with Crippen molar-refractivity contribution in [3.63, 3.8) is 0 Å². The van der Waals surface area contributed by atoms with Gasteiger partial charge in [-0.1, -0.05) is 18.2 Å². The zero-order chi connectivity index (χ0) is 17.8. The van der Waals surface area contributed by atoms with Gasteiger partial charge in [-0.3, -0.25) is 9.59 Å². The topological polar surface area (TPSA) is 81.8 Å². The van der Waals surface area contributed by atoms with Crippen molar-refractivity contribution in [2.24, 2.45) is 5.92 Å². The van der Waals surface area contributed by atoms with E-state index in [1.54, 1.807) is 16.8 Å². The zero-order valence-electron chi connectivity index (χ0n) is 14.4. The summed E-state index contributed by atoms with van der Waals surface area (Å²) in [5.41, 5.74) is 0.735. The maximum absolute atomic E-state index is 12.5. The molecule has 2 aliphatic rings.